The summed E-state index contributed by atoms with van der Waals surface area (Å²) in [4.78, 5) is 0.176. The summed E-state index contributed by atoms with van der Waals surface area (Å²) < 4.78 is 33.1. The number of benzene rings is 2. The van der Waals surface area contributed by atoms with Gasteiger partial charge < -0.3 is 4.74 Å². The maximum absolute atomic E-state index is 12.4. The Balaban J connectivity index is 2.36. The molecule has 0 aromatic heterocycles. The normalized spacial score (nSPS) is 11.2. The predicted molar refractivity (Wildman–Crippen MR) is 87.4 cm³/mol. The lowest BCUT2D eigenvalue weighted by atomic mass is 10.1. The average Bonchev–Trinajstić information content (AvgIpc) is 2.42. The number of hydrogen-bond donors (Lipinski definition) is 1. The van der Waals surface area contributed by atoms with Crippen LogP contribution in [0.3, 0.4) is 0 Å². The van der Waals surface area contributed by atoms with E-state index in [1.54, 1.807) is 12.1 Å². The molecule has 0 saturated carbocycles. The van der Waals surface area contributed by atoms with E-state index in [1.165, 1.54) is 19.2 Å². The molecule has 0 bridgehead atoms. The van der Waals surface area contributed by atoms with Gasteiger partial charge in [-0.3, -0.25) is 4.72 Å². The van der Waals surface area contributed by atoms with E-state index in [2.05, 4.69) is 20.7 Å². The van der Waals surface area contributed by atoms with Crippen molar-refractivity contribution in [2.75, 3.05) is 11.8 Å². The van der Waals surface area contributed by atoms with E-state index in [1.807, 2.05) is 26.0 Å². The predicted octanol–water partition coefficient (Wildman–Crippen LogP) is 3.88. The Morgan fingerprint density at radius 1 is 1.10 bits per heavy atom. The minimum absolute atomic E-state index is 0.176. The summed E-state index contributed by atoms with van der Waals surface area (Å²) in [6.45, 7) is 3.83. The van der Waals surface area contributed by atoms with Gasteiger partial charge in [0.05, 0.1) is 22.2 Å². The third kappa shape index (κ3) is 3.57. The lowest BCUT2D eigenvalue weighted by molar-refractivity contribution is 0.411. The van der Waals surface area contributed by atoms with Crippen molar-refractivity contribution < 1.29 is 13.2 Å². The first-order valence-electron chi connectivity index (χ1n) is 6.27. The Morgan fingerprint density at radius 2 is 1.81 bits per heavy atom. The zero-order valence-corrected chi connectivity index (χ0v) is 14.4. The number of methoxy groups -OCH3 is 1. The Hall–Kier alpha value is -1.53. The number of anilines is 1. The Bertz CT molecular complexity index is 772. The molecule has 0 unspecified atom stereocenters. The number of rotatable bonds is 4. The highest BCUT2D eigenvalue weighted by Gasteiger charge is 2.17. The molecular formula is C15H16BrNO3S. The van der Waals surface area contributed by atoms with Crippen LogP contribution >= 0.6 is 15.9 Å². The molecule has 0 atom stereocenters. The van der Waals surface area contributed by atoms with Gasteiger partial charge in [0, 0.05) is 0 Å². The van der Waals surface area contributed by atoms with Gasteiger partial charge in [-0.2, -0.15) is 0 Å². The number of nitrogens with one attached hydrogen (secondary N) is 1. The van der Waals surface area contributed by atoms with Crippen molar-refractivity contribution in [2.24, 2.45) is 0 Å². The summed E-state index contributed by atoms with van der Waals surface area (Å²) in [6.07, 6.45) is 0. The molecule has 0 amide bonds. The van der Waals surface area contributed by atoms with Gasteiger partial charge in [0.25, 0.3) is 10.0 Å². The number of aryl methyl sites for hydroxylation is 2. The molecule has 2 aromatic rings. The highest BCUT2D eigenvalue weighted by Crippen LogP contribution is 2.28. The van der Waals surface area contributed by atoms with Crippen LogP contribution in [-0.2, 0) is 10.0 Å². The Labute approximate surface area is 133 Å². The van der Waals surface area contributed by atoms with Gasteiger partial charge in [0.2, 0.25) is 0 Å². The fourth-order valence-electron chi connectivity index (χ4n) is 1.95. The molecule has 2 aromatic carbocycles. The van der Waals surface area contributed by atoms with Gasteiger partial charge in [0.1, 0.15) is 5.75 Å². The van der Waals surface area contributed by atoms with Crippen LogP contribution in [0.5, 0.6) is 5.75 Å². The monoisotopic (exact) mass is 369 g/mol. The van der Waals surface area contributed by atoms with Crippen molar-refractivity contribution in [3.8, 4) is 5.75 Å². The van der Waals surface area contributed by atoms with Crippen LogP contribution in [0.4, 0.5) is 5.69 Å². The molecule has 0 aliphatic carbocycles. The topological polar surface area (TPSA) is 55.4 Å². The third-order valence-corrected chi connectivity index (χ3v) is 5.04. The number of hydrogen-bond acceptors (Lipinski definition) is 3. The molecular weight excluding hydrogens is 354 g/mol. The van der Waals surface area contributed by atoms with Crippen LogP contribution in [0.15, 0.2) is 45.8 Å². The van der Waals surface area contributed by atoms with Crippen molar-refractivity contribution in [2.45, 2.75) is 18.7 Å². The van der Waals surface area contributed by atoms with E-state index in [0.29, 0.717) is 15.9 Å². The van der Waals surface area contributed by atoms with Crippen LogP contribution < -0.4 is 9.46 Å². The van der Waals surface area contributed by atoms with Crippen molar-refractivity contribution in [3.63, 3.8) is 0 Å². The second-order valence-electron chi connectivity index (χ2n) is 4.72. The average molecular weight is 370 g/mol. The summed E-state index contributed by atoms with van der Waals surface area (Å²) in [5.41, 5.74) is 2.54. The smallest absolute Gasteiger partial charge is 0.261 e. The van der Waals surface area contributed by atoms with Crippen molar-refractivity contribution in [1.29, 1.82) is 0 Å². The van der Waals surface area contributed by atoms with Crippen LogP contribution in [0.1, 0.15) is 11.1 Å². The Morgan fingerprint density at radius 3 is 2.38 bits per heavy atom. The van der Waals surface area contributed by atoms with E-state index >= 15 is 0 Å². The minimum atomic E-state index is -3.63. The third-order valence-electron chi connectivity index (χ3n) is 3.06. The van der Waals surface area contributed by atoms with E-state index < -0.39 is 10.0 Å². The molecule has 0 saturated heterocycles. The molecule has 112 valence electrons. The largest absolute Gasteiger partial charge is 0.496 e. The summed E-state index contributed by atoms with van der Waals surface area (Å²) in [5.74, 6) is 0.584. The van der Waals surface area contributed by atoms with E-state index in [4.69, 9.17) is 4.74 Å². The van der Waals surface area contributed by atoms with Gasteiger partial charge in [-0.25, -0.2) is 8.42 Å². The summed E-state index contributed by atoms with van der Waals surface area (Å²) >= 11 is 3.29. The first-order valence-corrected chi connectivity index (χ1v) is 8.55. The second kappa shape index (κ2) is 6.07. The molecule has 0 radical (unpaired) electrons. The van der Waals surface area contributed by atoms with Crippen molar-refractivity contribution >= 4 is 31.6 Å². The standard InChI is InChI=1S/C15H16BrNO3S/c1-10-4-6-14(11(2)8-10)17-21(18,19)12-5-7-15(20-3)13(16)9-12/h4-9,17H,1-3H3. The fourth-order valence-corrected chi connectivity index (χ4v) is 3.79. The van der Waals surface area contributed by atoms with Crippen LogP contribution in [0.25, 0.3) is 0 Å². The maximum atomic E-state index is 12.4. The maximum Gasteiger partial charge on any atom is 0.261 e. The van der Waals surface area contributed by atoms with E-state index in [0.717, 1.165) is 11.1 Å². The summed E-state index contributed by atoms with van der Waals surface area (Å²) in [6, 6.07) is 10.2. The van der Waals surface area contributed by atoms with Crippen LogP contribution in [0.2, 0.25) is 0 Å². The summed E-state index contributed by atoms with van der Waals surface area (Å²) in [7, 11) is -2.10. The van der Waals surface area contributed by atoms with Gasteiger partial charge in [0.15, 0.2) is 0 Å². The van der Waals surface area contributed by atoms with Crippen molar-refractivity contribution in [1.82, 2.24) is 0 Å². The Kier molecular flexibility index (Phi) is 4.58. The molecule has 0 fully saturated rings. The minimum Gasteiger partial charge on any atom is -0.496 e. The van der Waals surface area contributed by atoms with E-state index in [-0.39, 0.29) is 4.90 Å². The highest BCUT2D eigenvalue weighted by molar-refractivity contribution is 9.10. The van der Waals surface area contributed by atoms with Gasteiger partial charge in [-0.15, -0.1) is 0 Å². The molecule has 1 N–H and O–H groups in total. The zero-order chi connectivity index (χ0) is 15.6. The quantitative estimate of drug-likeness (QED) is 0.889. The van der Waals surface area contributed by atoms with Crippen molar-refractivity contribution in [3.05, 3.63) is 52.0 Å². The molecule has 0 spiro atoms. The zero-order valence-electron chi connectivity index (χ0n) is 12.0. The fraction of sp³-hybridized carbons (Fsp3) is 0.200. The van der Waals surface area contributed by atoms with Gasteiger partial charge >= 0.3 is 0 Å². The van der Waals surface area contributed by atoms with Gasteiger partial charge in [-0.1, -0.05) is 17.7 Å². The lowest BCUT2D eigenvalue weighted by Gasteiger charge is -2.12. The van der Waals surface area contributed by atoms with E-state index in [9.17, 15) is 8.42 Å². The number of ether oxygens (including phenoxy) is 1. The number of halogens is 1. The molecule has 6 heteroatoms. The summed E-state index contributed by atoms with van der Waals surface area (Å²) in [5, 5.41) is 0. The lowest BCUT2D eigenvalue weighted by Crippen LogP contribution is -2.13. The number of sulfonamides is 1. The van der Waals surface area contributed by atoms with Crippen LogP contribution in [0, 0.1) is 13.8 Å². The molecule has 0 aliphatic heterocycles. The molecule has 4 nitrogen and oxygen atoms in total. The first kappa shape index (κ1) is 15.9. The van der Waals surface area contributed by atoms with Crippen LogP contribution in [-0.4, -0.2) is 15.5 Å². The SMILES string of the molecule is COc1ccc(S(=O)(=O)Nc2ccc(C)cc2C)cc1Br. The molecule has 2 rings (SSSR count). The second-order valence-corrected chi connectivity index (χ2v) is 7.26. The first-order chi connectivity index (χ1) is 9.83. The highest BCUT2D eigenvalue weighted by atomic mass is 79.9. The molecule has 21 heavy (non-hydrogen) atoms. The molecule has 0 heterocycles. The van der Waals surface area contributed by atoms with Gasteiger partial charge in [-0.05, 0) is 59.6 Å². The molecule has 0 aliphatic rings.